The molecule has 0 saturated carbocycles. The second kappa shape index (κ2) is 4.73. The number of pyridine rings is 1. The van der Waals surface area contributed by atoms with Crippen LogP contribution in [-0.2, 0) is 17.9 Å². The zero-order chi connectivity index (χ0) is 13.4. The minimum Gasteiger partial charge on any atom is -0.334 e. The van der Waals surface area contributed by atoms with E-state index < -0.39 is 0 Å². The monoisotopic (exact) mass is 321 g/mol. The summed E-state index contributed by atoms with van der Waals surface area (Å²) in [5.41, 5.74) is 0.921. The Morgan fingerprint density at radius 1 is 1.32 bits per heavy atom. The molecule has 1 aliphatic heterocycles. The van der Waals surface area contributed by atoms with E-state index in [1.54, 1.807) is 24.2 Å². The van der Waals surface area contributed by atoms with Gasteiger partial charge in [-0.25, -0.2) is 0 Å². The second-order valence-electron chi connectivity index (χ2n) is 4.42. The Labute approximate surface area is 118 Å². The summed E-state index contributed by atoms with van der Waals surface area (Å²) in [5.74, 6) is 1.68. The average Bonchev–Trinajstić information content (AvgIpc) is 2.81. The molecule has 1 aliphatic rings. The quantitative estimate of drug-likeness (QED) is 0.797. The van der Waals surface area contributed by atoms with Crippen LogP contribution in [0.2, 0.25) is 0 Å². The third kappa shape index (κ3) is 2.25. The number of aromatic nitrogens is 4. The lowest BCUT2D eigenvalue weighted by Crippen LogP contribution is -2.37. The molecule has 3 rings (SSSR count). The molecule has 7 heteroatoms. The van der Waals surface area contributed by atoms with Gasteiger partial charge < -0.3 is 9.47 Å². The summed E-state index contributed by atoms with van der Waals surface area (Å²) in [6.07, 6.45) is 3.49. The highest BCUT2D eigenvalue weighted by atomic mass is 79.9. The minimum atomic E-state index is 0.0694. The van der Waals surface area contributed by atoms with E-state index in [1.165, 1.54) is 0 Å². The number of carbonyl (C=O) groups is 1. The van der Waals surface area contributed by atoms with Crippen molar-refractivity contribution in [2.75, 3.05) is 6.54 Å². The predicted molar refractivity (Wildman–Crippen MR) is 72.0 cm³/mol. The Balaban J connectivity index is 1.97. The van der Waals surface area contributed by atoms with E-state index in [-0.39, 0.29) is 5.91 Å². The summed E-state index contributed by atoms with van der Waals surface area (Å²) >= 11 is 3.40. The van der Waals surface area contributed by atoms with E-state index in [0.29, 0.717) is 19.6 Å². The van der Waals surface area contributed by atoms with Crippen LogP contribution in [0.5, 0.6) is 0 Å². The molecule has 1 amide bonds. The first kappa shape index (κ1) is 12.3. The molecule has 3 heterocycles. The number of amides is 1. The first-order chi connectivity index (χ1) is 9.15. The van der Waals surface area contributed by atoms with Crippen molar-refractivity contribution in [2.24, 2.45) is 0 Å². The van der Waals surface area contributed by atoms with E-state index in [0.717, 1.165) is 21.7 Å². The van der Waals surface area contributed by atoms with Crippen LogP contribution in [0.4, 0.5) is 0 Å². The maximum absolute atomic E-state index is 11.4. The maximum Gasteiger partial charge on any atom is 0.219 e. The normalized spacial score (nSPS) is 14.3. The van der Waals surface area contributed by atoms with Gasteiger partial charge in [0.05, 0.1) is 6.54 Å². The average molecular weight is 322 g/mol. The van der Waals surface area contributed by atoms with Crippen molar-refractivity contribution in [3.05, 3.63) is 28.8 Å². The number of rotatable bonds is 1. The van der Waals surface area contributed by atoms with Crippen molar-refractivity contribution < 1.29 is 4.79 Å². The van der Waals surface area contributed by atoms with Crippen LogP contribution in [-0.4, -0.2) is 37.1 Å². The van der Waals surface area contributed by atoms with Gasteiger partial charge in [-0.15, -0.1) is 10.2 Å². The Morgan fingerprint density at radius 2 is 2.16 bits per heavy atom. The van der Waals surface area contributed by atoms with Gasteiger partial charge in [-0.05, 0) is 22.0 Å². The maximum atomic E-state index is 11.4. The smallest absolute Gasteiger partial charge is 0.219 e. The Hall–Kier alpha value is -1.76. The van der Waals surface area contributed by atoms with Crippen molar-refractivity contribution in [1.29, 1.82) is 0 Å². The highest BCUT2D eigenvalue weighted by Gasteiger charge is 2.23. The van der Waals surface area contributed by atoms with Crippen LogP contribution in [0, 0.1) is 0 Å². The second-order valence-corrected chi connectivity index (χ2v) is 5.34. The summed E-state index contributed by atoms with van der Waals surface area (Å²) in [6, 6.07) is 1.96. The molecule has 0 N–H and O–H groups in total. The van der Waals surface area contributed by atoms with E-state index in [4.69, 9.17) is 0 Å². The first-order valence-corrected chi connectivity index (χ1v) is 6.73. The van der Waals surface area contributed by atoms with Gasteiger partial charge in [0.25, 0.3) is 0 Å². The third-order valence-corrected chi connectivity index (χ3v) is 3.60. The van der Waals surface area contributed by atoms with Crippen molar-refractivity contribution in [2.45, 2.75) is 20.0 Å². The molecule has 0 unspecified atom stereocenters. The molecule has 2 aromatic rings. The molecule has 0 atom stereocenters. The van der Waals surface area contributed by atoms with Crippen LogP contribution >= 0.6 is 15.9 Å². The van der Waals surface area contributed by atoms with Gasteiger partial charge in [-0.2, -0.15) is 0 Å². The standard InChI is InChI=1S/C12H12BrN5O/c1-8(19)17-2-3-18-11(7-17)15-16-12(18)9-4-10(13)6-14-5-9/h4-6H,2-3,7H2,1H3. The Morgan fingerprint density at radius 3 is 2.89 bits per heavy atom. The van der Waals surface area contributed by atoms with Crippen molar-refractivity contribution >= 4 is 21.8 Å². The number of nitrogens with zero attached hydrogens (tertiary/aromatic N) is 5. The number of halogens is 1. The fourth-order valence-corrected chi connectivity index (χ4v) is 2.54. The summed E-state index contributed by atoms with van der Waals surface area (Å²) in [7, 11) is 0. The molecule has 0 aliphatic carbocycles. The zero-order valence-corrected chi connectivity index (χ0v) is 12.0. The van der Waals surface area contributed by atoms with Gasteiger partial charge in [0.2, 0.25) is 5.91 Å². The van der Waals surface area contributed by atoms with Crippen molar-refractivity contribution in [1.82, 2.24) is 24.6 Å². The molecule has 6 nitrogen and oxygen atoms in total. The lowest BCUT2D eigenvalue weighted by atomic mass is 10.2. The first-order valence-electron chi connectivity index (χ1n) is 5.93. The van der Waals surface area contributed by atoms with Gasteiger partial charge in [0, 0.05) is 42.4 Å². The summed E-state index contributed by atoms with van der Waals surface area (Å²) in [4.78, 5) is 17.3. The van der Waals surface area contributed by atoms with Crippen LogP contribution in [0.15, 0.2) is 22.9 Å². The van der Waals surface area contributed by atoms with Gasteiger partial charge in [0.1, 0.15) is 0 Å². The van der Waals surface area contributed by atoms with E-state index >= 15 is 0 Å². The van der Waals surface area contributed by atoms with Gasteiger partial charge in [0.15, 0.2) is 11.6 Å². The largest absolute Gasteiger partial charge is 0.334 e. The molecular formula is C12H12BrN5O. The molecule has 0 radical (unpaired) electrons. The number of hydrogen-bond acceptors (Lipinski definition) is 4. The lowest BCUT2D eigenvalue weighted by molar-refractivity contribution is -0.130. The molecule has 98 valence electrons. The molecule has 0 spiro atoms. The Bertz CT molecular complexity index is 639. The van der Waals surface area contributed by atoms with Crippen LogP contribution < -0.4 is 0 Å². The van der Waals surface area contributed by atoms with Crippen LogP contribution in [0.25, 0.3) is 11.4 Å². The molecule has 0 saturated heterocycles. The number of carbonyl (C=O) groups excluding carboxylic acids is 1. The molecule has 0 bridgehead atoms. The summed E-state index contributed by atoms with van der Waals surface area (Å²) < 4.78 is 2.95. The van der Waals surface area contributed by atoms with Crippen LogP contribution in [0.3, 0.4) is 0 Å². The molecule has 0 fully saturated rings. The number of fused-ring (bicyclic) bond motifs is 1. The van der Waals surface area contributed by atoms with Crippen molar-refractivity contribution in [3.63, 3.8) is 0 Å². The SMILES string of the molecule is CC(=O)N1CCn2c(nnc2-c2cncc(Br)c2)C1. The highest BCUT2D eigenvalue weighted by molar-refractivity contribution is 9.10. The summed E-state index contributed by atoms with van der Waals surface area (Å²) in [6.45, 7) is 3.49. The minimum absolute atomic E-state index is 0.0694. The highest BCUT2D eigenvalue weighted by Crippen LogP contribution is 2.23. The van der Waals surface area contributed by atoms with E-state index in [2.05, 4.69) is 31.1 Å². The van der Waals surface area contributed by atoms with Gasteiger partial charge >= 0.3 is 0 Å². The molecular weight excluding hydrogens is 310 g/mol. The molecule has 2 aromatic heterocycles. The Kier molecular flexibility index (Phi) is 3.06. The van der Waals surface area contributed by atoms with E-state index in [9.17, 15) is 4.79 Å². The fourth-order valence-electron chi connectivity index (χ4n) is 2.17. The van der Waals surface area contributed by atoms with E-state index in [1.807, 2.05) is 10.6 Å². The predicted octanol–water partition coefficient (Wildman–Crippen LogP) is 1.46. The van der Waals surface area contributed by atoms with Gasteiger partial charge in [-0.3, -0.25) is 9.78 Å². The molecule has 19 heavy (non-hydrogen) atoms. The third-order valence-electron chi connectivity index (χ3n) is 3.16. The van der Waals surface area contributed by atoms with Crippen LogP contribution in [0.1, 0.15) is 12.7 Å². The van der Waals surface area contributed by atoms with Gasteiger partial charge in [-0.1, -0.05) is 0 Å². The topological polar surface area (TPSA) is 63.9 Å². The lowest BCUT2D eigenvalue weighted by Gasteiger charge is -2.26. The van der Waals surface area contributed by atoms with Crippen molar-refractivity contribution in [3.8, 4) is 11.4 Å². The fraction of sp³-hybridized carbons (Fsp3) is 0.333. The summed E-state index contributed by atoms with van der Waals surface area (Å²) in [5, 5.41) is 8.39. The molecule has 0 aromatic carbocycles. The zero-order valence-electron chi connectivity index (χ0n) is 10.4. The number of hydrogen-bond donors (Lipinski definition) is 0.